The standard InChI is InChI=1S/C18H15N3O4S/c1-9-13(8-19)17(21-15(22)11-7-12(11)18(24)25)26-14(9)16(23)20-10-5-3-2-4-6-10/h2-6,11-12H,7H2,1H3,(H,20,23)(H,21,22)(H,24,25). The third-order valence-electron chi connectivity index (χ3n) is 4.18. The third kappa shape index (κ3) is 3.43. The van der Waals surface area contributed by atoms with Gasteiger partial charge in [-0.05, 0) is 31.0 Å². The Bertz CT molecular complexity index is 930. The van der Waals surface area contributed by atoms with Crippen LogP contribution in [0.15, 0.2) is 30.3 Å². The normalized spacial score (nSPS) is 17.8. The number of carbonyl (C=O) groups is 3. The number of carboxylic acids is 1. The number of nitrogens with zero attached hydrogens (tertiary/aromatic N) is 1. The van der Waals surface area contributed by atoms with E-state index in [0.717, 1.165) is 11.3 Å². The molecule has 0 bridgehead atoms. The van der Waals surface area contributed by atoms with Crippen molar-refractivity contribution in [2.24, 2.45) is 11.8 Å². The molecule has 3 rings (SSSR count). The van der Waals surface area contributed by atoms with Crippen LogP contribution in [-0.2, 0) is 9.59 Å². The minimum Gasteiger partial charge on any atom is -0.481 e. The molecule has 2 aromatic rings. The molecule has 1 saturated carbocycles. The Hall–Kier alpha value is -3.18. The predicted octanol–water partition coefficient (Wildman–Crippen LogP) is 2.84. The third-order valence-corrected chi connectivity index (χ3v) is 5.38. The first kappa shape index (κ1) is 17.6. The first-order valence-corrected chi connectivity index (χ1v) is 8.67. The van der Waals surface area contributed by atoms with Gasteiger partial charge in [0.25, 0.3) is 5.91 Å². The number of benzene rings is 1. The van der Waals surface area contributed by atoms with Gasteiger partial charge in [-0.1, -0.05) is 18.2 Å². The van der Waals surface area contributed by atoms with Crippen molar-refractivity contribution in [3.05, 3.63) is 46.3 Å². The zero-order chi connectivity index (χ0) is 18.8. The number of anilines is 2. The summed E-state index contributed by atoms with van der Waals surface area (Å²) in [6.07, 6.45) is 0.286. The van der Waals surface area contributed by atoms with Crippen LogP contribution in [0.1, 0.15) is 27.2 Å². The SMILES string of the molecule is Cc1c(C(=O)Nc2ccccc2)sc(NC(=O)C2CC2C(=O)O)c1C#N. The van der Waals surface area contributed by atoms with Crippen LogP contribution in [0.2, 0.25) is 0 Å². The molecule has 2 amide bonds. The molecule has 8 heteroatoms. The first-order chi connectivity index (χ1) is 12.4. The number of rotatable bonds is 5. The average molecular weight is 369 g/mol. The second-order valence-electron chi connectivity index (χ2n) is 5.97. The number of hydrogen-bond acceptors (Lipinski definition) is 5. The summed E-state index contributed by atoms with van der Waals surface area (Å²) in [6, 6.07) is 10.9. The second-order valence-corrected chi connectivity index (χ2v) is 6.99. The summed E-state index contributed by atoms with van der Waals surface area (Å²) in [5, 5.41) is 23.9. The van der Waals surface area contributed by atoms with Crippen LogP contribution >= 0.6 is 11.3 Å². The minimum absolute atomic E-state index is 0.217. The summed E-state index contributed by atoms with van der Waals surface area (Å²) in [4.78, 5) is 35.9. The Balaban J connectivity index is 1.79. The van der Waals surface area contributed by atoms with Crippen LogP contribution in [0.4, 0.5) is 10.7 Å². The number of para-hydroxylation sites is 1. The van der Waals surface area contributed by atoms with Crippen molar-refractivity contribution >= 4 is 39.8 Å². The summed E-state index contributed by atoms with van der Waals surface area (Å²) in [5.41, 5.74) is 1.32. The molecule has 1 aliphatic rings. The van der Waals surface area contributed by atoms with Crippen molar-refractivity contribution in [2.75, 3.05) is 10.6 Å². The van der Waals surface area contributed by atoms with Crippen molar-refractivity contribution in [3.63, 3.8) is 0 Å². The van der Waals surface area contributed by atoms with Gasteiger partial charge in [-0.2, -0.15) is 5.26 Å². The molecule has 2 atom stereocenters. The number of hydrogen-bond donors (Lipinski definition) is 3. The summed E-state index contributed by atoms with van der Waals surface area (Å²) in [7, 11) is 0. The Kier molecular flexibility index (Phi) is 4.73. The number of nitrogens with one attached hydrogen (secondary N) is 2. The maximum atomic E-state index is 12.5. The molecule has 0 saturated heterocycles. The molecule has 132 valence electrons. The fourth-order valence-corrected chi connectivity index (χ4v) is 3.68. The van der Waals surface area contributed by atoms with E-state index in [1.54, 1.807) is 31.2 Å². The first-order valence-electron chi connectivity index (χ1n) is 7.86. The van der Waals surface area contributed by atoms with E-state index >= 15 is 0 Å². The van der Waals surface area contributed by atoms with Gasteiger partial charge in [0.05, 0.1) is 22.3 Å². The van der Waals surface area contributed by atoms with E-state index in [0.29, 0.717) is 16.1 Å². The monoisotopic (exact) mass is 369 g/mol. The summed E-state index contributed by atoms with van der Waals surface area (Å²) < 4.78 is 0. The highest BCUT2D eigenvalue weighted by Gasteiger charge is 2.48. The molecule has 1 aliphatic carbocycles. The van der Waals surface area contributed by atoms with Gasteiger partial charge < -0.3 is 15.7 Å². The van der Waals surface area contributed by atoms with Crippen molar-refractivity contribution in [1.82, 2.24) is 0 Å². The van der Waals surface area contributed by atoms with E-state index in [4.69, 9.17) is 5.11 Å². The van der Waals surface area contributed by atoms with E-state index in [2.05, 4.69) is 10.6 Å². The zero-order valence-electron chi connectivity index (χ0n) is 13.8. The molecule has 1 fully saturated rings. The molecular formula is C18H15N3O4S. The van der Waals surface area contributed by atoms with Crippen LogP contribution in [0, 0.1) is 30.1 Å². The van der Waals surface area contributed by atoms with E-state index in [-0.39, 0.29) is 22.9 Å². The van der Waals surface area contributed by atoms with E-state index in [1.165, 1.54) is 0 Å². The molecule has 1 aromatic carbocycles. The van der Waals surface area contributed by atoms with E-state index in [1.807, 2.05) is 12.1 Å². The zero-order valence-corrected chi connectivity index (χ0v) is 14.6. The summed E-state index contributed by atoms with van der Waals surface area (Å²) in [5.74, 6) is -3.09. The highest BCUT2D eigenvalue weighted by molar-refractivity contribution is 7.18. The van der Waals surface area contributed by atoms with Gasteiger partial charge in [0.2, 0.25) is 5.91 Å². The quantitative estimate of drug-likeness (QED) is 0.749. The molecule has 1 heterocycles. The lowest BCUT2D eigenvalue weighted by atomic mass is 10.1. The maximum absolute atomic E-state index is 12.5. The fraction of sp³-hybridized carbons (Fsp3) is 0.222. The van der Waals surface area contributed by atoms with Gasteiger partial charge in [-0.3, -0.25) is 14.4 Å². The Labute approximate surface area is 153 Å². The van der Waals surface area contributed by atoms with Crippen molar-refractivity contribution in [2.45, 2.75) is 13.3 Å². The van der Waals surface area contributed by atoms with Crippen LogP contribution in [0.25, 0.3) is 0 Å². The molecule has 0 radical (unpaired) electrons. The van der Waals surface area contributed by atoms with Crippen LogP contribution in [-0.4, -0.2) is 22.9 Å². The number of thiophene rings is 1. The summed E-state index contributed by atoms with van der Waals surface area (Å²) in [6.45, 7) is 1.64. The molecule has 7 nitrogen and oxygen atoms in total. The molecule has 2 unspecified atom stereocenters. The van der Waals surface area contributed by atoms with Gasteiger partial charge >= 0.3 is 5.97 Å². The average Bonchev–Trinajstić information content (AvgIpc) is 3.36. The lowest BCUT2D eigenvalue weighted by molar-refractivity contribution is -0.139. The number of amides is 2. The lowest BCUT2D eigenvalue weighted by Crippen LogP contribution is -2.16. The van der Waals surface area contributed by atoms with Crippen LogP contribution < -0.4 is 10.6 Å². The van der Waals surface area contributed by atoms with Gasteiger partial charge in [-0.15, -0.1) is 11.3 Å². The Morgan fingerprint density at radius 2 is 1.88 bits per heavy atom. The minimum atomic E-state index is -1.00. The largest absolute Gasteiger partial charge is 0.481 e. The molecular weight excluding hydrogens is 354 g/mol. The topological polar surface area (TPSA) is 119 Å². The van der Waals surface area contributed by atoms with Gasteiger partial charge in [-0.25, -0.2) is 0 Å². The highest BCUT2D eigenvalue weighted by Crippen LogP contribution is 2.41. The summed E-state index contributed by atoms with van der Waals surface area (Å²) >= 11 is 1.01. The predicted molar refractivity (Wildman–Crippen MR) is 96.0 cm³/mol. The van der Waals surface area contributed by atoms with Gasteiger partial charge in [0, 0.05) is 5.69 Å². The van der Waals surface area contributed by atoms with E-state index < -0.39 is 23.7 Å². The maximum Gasteiger partial charge on any atom is 0.307 e. The van der Waals surface area contributed by atoms with E-state index in [9.17, 15) is 19.6 Å². The van der Waals surface area contributed by atoms with Crippen LogP contribution in [0.3, 0.4) is 0 Å². The van der Waals surface area contributed by atoms with Crippen molar-refractivity contribution in [1.29, 1.82) is 5.26 Å². The Morgan fingerprint density at radius 3 is 2.46 bits per heavy atom. The number of carboxylic acid groups (broad SMARTS) is 1. The number of nitriles is 1. The van der Waals surface area contributed by atoms with Crippen molar-refractivity contribution < 1.29 is 19.5 Å². The van der Waals surface area contributed by atoms with Crippen molar-refractivity contribution in [3.8, 4) is 6.07 Å². The van der Waals surface area contributed by atoms with Gasteiger partial charge in [0.15, 0.2) is 0 Å². The fourth-order valence-electron chi connectivity index (χ4n) is 2.62. The Morgan fingerprint density at radius 1 is 1.19 bits per heavy atom. The highest BCUT2D eigenvalue weighted by atomic mass is 32.1. The molecule has 1 aromatic heterocycles. The smallest absolute Gasteiger partial charge is 0.307 e. The molecule has 26 heavy (non-hydrogen) atoms. The molecule has 0 spiro atoms. The van der Waals surface area contributed by atoms with Gasteiger partial charge in [0.1, 0.15) is 11.1 Å². The lowest BCUT2D eigenvalue weighted by Gasteiger charge is -2.03. The number of carbonyl (C=O) groups excluding carboxylic acids is 2. The molecule has 3 N–H and O–H groups in total. The second kappa shape index (κ2) is 6.98. The van der Waals surface area contributed by atoms with Crippen LogP contribution in [0.5, 0.6) is 0 Å². The number of aliphatic carboxylic acids is 1. The molecule has 0 aliphatic heterocycles.